The van der Waals surface area contributed by atoms with Crippen molar-refractivity contribution >= 4 is 18.2 Å². The van der Waals surface area contributed by atoms with Crippen LogP contribution in [0.2, 0.25) is 0 Å². The minimum absolute atomic E-state index is 0.0193. The SMILES string of the molecule is COC(=O)c1ccc(OCCOCCOCCN(C(=O)OC(C)(C)C)C(=O)OC(C)(C)C)cc1. The van der Waals surface area contributed by atoms with E-state index in [0.717, 1.165) is 4.90 Å². The zero-order valence-electron chi connectivity index (χ0n) is 21.2. The summed E-state index contributed by atoms with van der Waals surface area (Å²) in [5.41, 5.74) is -1.06. The van der Waals surface area contributed by atoms with Gasteiger partial charge in [-0.25, -0.2) is 19.3 Å². The van der Waals surface area contributed by atoms with Crippen LogP contribution in [0.3, 0.4) is 0 Å². The van der Waals surface area contributed by atoms with Crippen LogP contribution < -0.4 is 4.74 Å². The number of carbonyl (C=O) groups excluding carboxylic acids is 3. The van der Waals surface area contributed by atoms with Gasteiger partial charge in [-0.2, -0.15) is 0 Å². The highest BCUT2D eigenvalue weighted by atomic mass is 16.6. The number of hydrogen-bond acceptors (Lipinski definition) is 9. The van der Waals surface area contributed by atoms with Crippen molar-refractivity contribution < 1.29 is 42.8 Å². The van der Waals surface area contributed by atoms with Crippen molar-refractivity contribution in [2.45, 2.75) is 52.7 Å². The van der Waals surface area contributed by atoms with Crippen molar-refractivity contribution in [2.24, 2.45) is 0 Å². The van der Waals surface area contributed by atoms with Crippen molar-refractivity contribution in [3.8, 4) is 5.75 Å². The van der Waals surface area contributed by atoms with Crippen molar-refractivity contribution in [1.29, 1.82) is 0 Å². The lowest BCUT2D eigenvalue weighted by atomic mass is 10.2. The molecular weight excluding hydrogens is 446 g/mol. The van der Waals surface area contributed by atoms with E-state index in [1.54, 1.807) is 65.8 Å². The highest BCUT2D eigenvalue weighted by Gasteiger charge is 2.30. The summed E-state index contributed by atoms with van der Waals surface area (Å²) in [7, 11) is 1.33. The lowest BCUT2D eigenvalue weighted by molar-refractivity contribution is -0.00880. The quantitative estimate of drug-likeness (QED) is 0.261. The van der Waals surface area contributed by atoms with Gasteiger partial charge in [-0.1, -0.05) is 0 Å². The Kier molecular flexibility index (Phi) is 11.8. The van der Waals surface area contributed by atoms with E-state index in [9.17, 15) is 14.4 Å². The molecule has 10 heteroatoms. The predicted octanol–water partition coefficient (Wildman–Crippen LogP) is 4.06. The second kappa shape index (κ2) is 13.8. The summed E-state index contributed by atoms with van der Waals surface area (Å²) >= 11 is 0. The zero-order valence-corrected chi connectivity index (χ0v) is 21.2. The maximum absolute atomic E-state index is 12.4. The van der Waals surface area contributed by atoms with E-state index in [2.05, 4.69) is 4.74 Å². The Labute approximate surface area is 201 Å². The molecule has 0 spiro atoms. The molecule has 0 aromatic heterocycles. The van der Waals surface area contributed by atoms with Gasteiger partial charge >= 0.3 is 18.2 Å². The Morgan fingerprint density at radius 1 is 0.735 bits per heavy atom. The molecule has 0 N–H and O–H groups in total. The van der Waals surface area contributed by atoms with Gasteiger partial charge in [-0.15, -0.1) is 0 Å². The molecule has 0 saturated heterocycles. The molecule has 0 radical (unpaired) electrons. The summed E-state index contributed by atoms with van der Waals surface area (Å²) in [5.74, 6) is 0.201. The second-order valence-electron chi connectivity index (χ2n) is 9.20. The molecule has 192 valence electrons. The molecule has 2 amide bonds. The van der Waals surface area contributed by atoms with Crippen molar-refractivity contribution in [3.63, 3.8) is 0 Å². The standard InChI is InChI=1S/C24H37NO9/c1-23(2,3)33-21(27)25(22(28)34-24(4,5)6)12-13-30-14-15-31-16-17-32-19-10-8-18(9-11-19)20(26)29-7/h8-11H,12-17H2,1-7H3. The number of rotatable bonds is 11. The number of amides is 2. The summed E-state index contributed by atoms with van der Waals surface area (Å²) in [6.45, 7) is 11.6. The molecule has 34 heavy (non-hydrogen) atoms. The minimum atomic E-state index is -0.793. The van der Waals surface area contributed by atoms with Gasteiger partial charge in [-0.05, 0) is 65.8 Å². The van der Waals surface area contributed by atoms with Gasteiger partial charge in [0.05, 0.1) is 45.6 Å². The Hall–Kier alpha value is -2.85. The lowest BCUT2D eigenvalue weighted by Gasteiger charge is -2.28. The molecular formula is C24H37NO9. The van der Waals surface area contributed by atoms with Crippen LogP contribution in [0.1, 0.15) is 51.9 Å². The Morgan fingerprint density at radius 3 is 1.68 bits per heavy atom. The average molecular weight is 484 g/mol. The first-order valence-electron chi connectivity index (χ1n) is 11.0. The number of carbonyl (C=O) groups is 3. The molecule has 0 aliphatic rings. The van der Waals surface area contributed by atoms with Crippen LogP contribution in [0.25, 0.3) is 0 Å². The fraction of sp³-hybridized carbons (Fsp3) is 0.625. The number of ether oxygens (including phenoxy) is 6. The van der Waals surface area contributed by atoms with E-state index in [4.69, 9.17) is 23.7 Å². The van der Waals surface area contributed by atoms with Crippen LogP contribution >= 0.6 is 0 Å². The number of imide groups is 1. The van der Waals surface area contributed by atoms with E-state index >= 15 is 0 Å². The minimum Gasteiger partial charge on any atom is -0.491 e. The van der Waals surface area contributed by atoms with Crippen LogP contribution in [0.5, 0.6) is 5.75 Å². The van der Waals surface area contributed by atoms with E-state index in [1.807, 2.05) is 0 Å². The molecule has 1 aromatic carbocycles. The lowest BCUT2D eigenvalue weighted by Crippen LogP contribution is -2.45. The van der Waals surface area contributed by atoms with Crippen LogP contribution in [0.15, 0.2) is 24.3 Å². The van der Waals surface area contributed by atoms with E-state index in [1.165, 1.54) is 7.11 Å². The smallest absolute Gasteiger partial charge is 0.419 e. The summed E-state index contributed by atoms with van der Waals surface area (Å²) < 4.78 is 31.7. The van der Waals surface area contributed by atoms with Gasteiger partial charge in [0.2, 0.25) is 0 Å². The number of esters is 1. The first kappa shape index (κ1) is 29.2. The van der Waals surface area contributed by atoms with E-state index < -0.39 is 29.4 Å². The van der Waals surface area contributed by atoms with Gasteiger partial charge in [0.25, 0.3) is 0 Å². The van der Waals surface area contributed by atoms with Gasteiger partial charge < -0.3 is 28.4 Å². The molecule has 0 atom stereocenters. The normalized spacial score (nSPS) is 11.5. The maximum Gasteiger partial charge on any atom is 0.419 e. The number of benzene rings is 1. The maximum atomic E-state index is 12.4. The molecule has 0 unspecified atom stereocenters. The number of nitrogens with zero attached hydrogens (tertiary/aromatic N) is 1. The Bertz CT molecular complexity index is 751. The summed E-state index contributed by atoms with van der Waals surface area (Å²) in [6.07, 6.45) is -1.59. The summed E-state index contributed by atoms with van der Waals surface area (Å²) in [6, 6.07) is 6.59. The highest BCUT2D eigenvalue weighted by molar-refractivity contribution is 5.89. The van der Waals surface area contributed by atoms with Crippen molar-refractivity contribution in [3.05, 3.63) is 29.8 Å². The Morgan fingerprint density at radius 2 is 1.21 bits per heavy atom. The summed E-state index contributed by atoms with van der Waals surface area (Å²) in [5, 5.41) is 0. The molecule has 10 nitrogen and oxygen atoms in total. The van der Waals surface area contributed by atoms with Gasteiger partial charge in [0.1, 0.15) is 23.6 Å². The van der Waals surface area contributed by atoms with Crippen molar-refractivity contribution in [1.82, 2.24) is 4.90 Å². The molecule has 0 aliphatic heterocycles. The van der Waals surface area contributed by atoms with E-state index in [-0.39, 0.29) is 19.8 Å². The van der Waals surface area contributed by atoms with Gasteiger partial charge in [-0.3, -0.25) is 0 Å². The number of hydrogen-bond donors (Lipinski definition) is 0. The topological polar surface area (TPSA) is 110 Å². The number of methoxy groups -OCH3 is 1. The molecule has 0 saturated carbocycles. The van der Waals surface area contributed by atoms with Crippen LogP contribution in [0, 0.1) is 0 Å². The average Bonchev–Trinajstić information content (AvgIpc) is 2.72. The molecule has 1 aromatic rings. The fourth-order valence-corrected chi connectivity index (χ4v) is 2.39. The summed E-state index contributed by atoms with van der Waals surface area (Å²) in [4.78, 5) is 37.1. The van der Waals surface area contributed by atoms with Crippen LogP contribution in [-0.4, -0.2) is 80.9 Å². The van der Waals surface area contributed by atoms with Crippen LogP contribution in [-0.2, 0) is 23.7 Å². The van der Waals surface area contributed by atoms with Crippen LogP contribution in [0.4, 0.5) is 9.59 Å². The third-order valence-electron chi connectivity index (χ3n) is 3.83. The first-order chi connectivity index (χ1) is 15.8. The molecule has 0 fully saturated rings. The first-order valence-corrected chi connectivity index (χ1v) is 11.0. The second-order valence-corrected chi connectivity index (χ2v) is 9.20. The third-order valence-corrected chi connectivity index (χ3v) is 3.83. The highest BCUT2D eigenvalue weighted by Crippen LogP contribution is 2.15. The largest absolute Gasteiger partial charge is 0.491 e. The molecule has 0 bridgehead atoms. The third kappa shape index (κ3) is 12.4. The van der Waals surface area contributed by atoms with Crippen molar-refractivity contribution in [2.75, 3.05) is 46.7 Å². The van der Waals surface area contributed by atoms with E-state index in [0.29, 0.717) is 31.1 Å². The predicted molar refractivity (Wildman–Crippen MR) is 124 cm³/mol. The fourth-order valence-electron chi connectivity index (χ4n) is 2.39. The monoisotopic (exact) mass is 483 g/mol. The molecule has 0 heterocycles. The molecule has 0 aliphatic carbocycles. The van der Waals surface area contributed by atoms with Gasteiger partial charge in [0, 0.05) is 0 Å². The zero-order chi connectivity index (χ0) is 25.8. The Balaban J connectivity index is 2.30. The van der Waals surface area contributed by atoms with Gasteiger partial charge in [0.15, 0.2) is 0 Å². The molecule has 1 rings (SSSR count).